The maximum absolute atomic E-state index is 13.0. The molecule has 0 atom stereocenters. The average molecular weight is 385 g/mol. The van der Waals surface area contributed by atoms with Gasteiger partial charge in [-0.05, 0) is 42.0 Å². The monoisotopic (exact) mass is 385 g/mol. The molecule has 0 aliphatic carbocycles. The quantitative estimate of drug-likeness (QED) is 0.470. The summed E-state index contributed by atoms with van der Waals surface area (Å²) in [7, 11) is 1.60. The third-order valence-corrected chi connectivity index (χ3v) is 4.59. The third-order valence-electron chi connectivity index (χ3n) is 4.59. The molecule has 148 valence electrons. The summed E-state index contributed by atoms with van der Waals surface area (Å²) in [6.45, 7) is 2.98. The van der Waals surface area contributed by atoms with Crippen LogP contribution in [0.15, 0.2) is 53.5 Å². The predicted octanol–water partition coefficient (Wildman–Crippen LogP) is 2.81. The Morgan fingerprint density at radius 3 is 2.39 bits per heavy atom. The molecule has 0 saturated carbocycles. The van der Waals surface area contributed by atoms with Crippen molar-refractivity contribution in [2.75, 3.05) is 38.2 Å². The molecule has 2 aromatic carbocycles. The Morgan fingerprint density at radius 1 is 1.14 bits per heavy atom. The first kappa shape index (κ1) is 19.6. The number of aliphatic imine (C=N–C) groups is 1. The Balaban J connectivity index is 1.47. The summed E-state index contributed by atoms with van der Waals surface area (Å²) >= 11 is 0. The van der Waals surface area contributed by atoms with Gasteiger partial charge in [0.15, 0.2) is 0 Å². The molecule has 0 bridgehead atoms. The summed E-state index contributed by atoms with van der Waals surface area (Å²) < 4.78 is 18.1. The van der Waals surface area contributed by atoms with E-state index in [4.69, 9.17) is 10.1 Å². The van der Waals surface area contributed by atoms with E-state index in [1.54, 1.807) is 19.2 Å². The number of rotatable bonds is 5. The van der Waals surface area contributed by atoms with E-state index in [9.17, 15) is 9.60 Å². The Bertz CT molecular complexity index is 802. The van der Waals surface area contributed by atoms with Crippen molar-refractivity contribution in [3.8, 4) is 5.75 Å². The van der Waals surface area contributed by atoms with Crippen LogP contribution in [0.25, 0.3) is 0 Å². The zero-order valence-corrected chi connectivity index (χ0v) is 15.8. The van der Waals surface area contributed by atoms with E-state index in [0.717, 1.165) is 35.2 Å². The molecule has 3 rings (SSSR count). The molecule has 2 N–H and O–H groups in total. The van der Waals surface area contributed by atoms with Crippen LogP contribution in [0.4, 0.5) is 10.1 Å². The van der Waals surface area contributed by atoms with Crippen LogP contribution in [0.1, 0.15) is 5.56 Å². The molecular weight excluding hydrogens is 361 g/mol. The molecule has 2 aromatic rings. The third kappa shape index (κ3) is 5.20. The SMILES string of the molecule is COc1ccc(CN(O)C=NC(=N)N2CCN(c3ccc(F)cc3)CC2)cc1. The van der Waals surface area contributed by atoms with E-state index >= 15 is 0 Å². The number of ether oxygens (including phenoxy) is 1. The van der Waals surface area contributed by atoms with E-state index in [1.165, 1.54) is 18.5 Å². The van der Waals surface area contributed by atoms with Gasteiger partial charge in [-0.1, -0.05) is 12.1 Å². The Morgan fingerprint density at radius 2 is 1.79 bits per heavy atom. The summed E-state index contributed by atoms with van der Waals surface area (Å²) in [5.41, 5.74) is 1.87. The molecule has 28 heavy (non-hydrogen) atoms. The second kappa shape index (κ2) is 9.18. The highest BCUT2D eigenvalue weighted by molar-refractivity contribution is 5.84. The number of nitrogens with zero attached hydrogens (tertiary/aromatic N) is 4. The van der Waals surface area contributed by atoms with Crippen molar-refractivity contribution < 1.29 is 14.3 Å². The lowest BCUT2D eigenvalue weighted by Gasteiger charge is -2.36. The van der Waals surface area contributed by atoms with Gasteiger partial charge < -0.3 is 14.5 Å². The number of hydrogen-bond acceptors (Lipinski definition) is 4. The normalized spacial score (nSPS) is 14.4. The lowest BCUT2D eigenvalue weighted by Crippen LogP contribution is -2.48. The van der Waals surface area contributed by atoms with Crippen LogP contribution in [0, 0.1) is 11.2 Å². The first-order valence-electron chi connectivity index (χ1n) is 9.02. The number of guanidine groups is 1. The number of halogens is 1. The molecule has 0 spiro atoms. The minimum atomic E-state index is -0.248. The summed E-state index contributed by atoms with van der Waals surface area (Å²) in [5.74, 6) is 0.609. The van der Waals surface area contributed by atoms with Crippen molar-refractivity contribution in [2.24, 2.45) is 4.99 Å². The molecule has 8 heteroatoms. The lowest BCUT2D eigenvalue weighted by molar-refractivity contribution is -0.0164. The molecule has 7 nitrogen and oxygen atoms in total. The molecule has 1 fully saturated rings. The molecule has 0 unspecified atom stereocenters. The van der Waals surface area contributed by atoms with Gasteiger partial charge in [-0.2, -0.15) is 0 Å². The van der Waals surface area contributed by atoms with Crippen molar-refractivity contribution in [1.82, 2.24) is 9.96 Å². The molecule has 0 aromatic heterocycles. The largest absolute Gasteiger partial charge is 0.497 e. The number of hydroxylamine groups is 2. The number of benzene rings is 2. The number of piperazine rings is 1. The molecular formula is C20H24FN5O2. The van der Waals surface area contributed by atoms with Crippen molar-refractivity contribution >= 4 is 18.0 Å². The highest BCUT2D eigenvalue weighted by Crippen LogP contribution is 2.17. The van der Waals surface area contributed by atoms with Crippen LogP contribution < -0.4 is 9.64 Å². The first-order valence-corrected chi connectivity index (χ1v) is 9.02. The van der Waals surface area contributed by atoms with E-state index in [1.807, 2.05) is 29.2 Å². The maximum atomic E-state index is 13.0. The lowest BCUT2D eigenvalue weighted by atomic mass is 10.2. The molecule has 0 amide bonds. The van der Waals surface area contributed by atoms with Gasteiger partial charge >= 0.3 is 0 Å². The van der Waals surface area contributed by atoms with Crippen LogP contribution in [0.5, 0.6) is 5.75 Å². The number of hydrogen-bond donors (Lipinski definition) is 2. The fourth-order valence-electron chi connectivity index (χ4n) is 2.99. The highest BCUT2D eigenvalue weighted by atomic mass is 19.1. The smallest absolute Gasteiger partial charge is 0.219 e. The van der Waals surface area contributed by atoms with Gasteiger partial charge in [-0.3, -0.25) is 10.6 Å². The van der Waals surface area contributed by atoms with E-state index < -0.39 is 0 Å². The van der Waals surface area contributed by atoms with Crippen molar-refractivity contribution in [3.63, 3.8) is 0 Å². The number of nitrogens with one attached hydrogen (secondary N) is 1. The second-order valence-corrected chi connectivity index (χ2v) is 6.46. The summed E-state index contributed by atoms with van der Waals surface area (Å²) in [6.07, 6.45) is 1.25. The standard InChI is InChI=1S/C20H24FN5O2/c1-28-19-8-2-16(3-9-19)14-26(27)15-23-20(22)25-12-10-24(11-13-25)18-6-4-17(21)5-7-18/h2-9,15,22,27H,10-14H2,1H3. The fraction of sp³-hybridized carbons (Fsp3) is 0.300. The van der Waals surface area contributed by atoms with E-state index in [2.05, 4.69) is 9.89 Å². The van der Waals surface area contributed by atoms with E-state index in [-0.39, 0.29) is 18.3 Å². The van der Waals surface area contributed by atoms with Crippen LogP contribution in [0.2, 0.25) is 0 Å². The molecule has 1 heterocycles. The maximum Gasteiger partial charge on any atom is 0.219 e. The second-order valence-electron chi connectivity index (χ2n) is 6.46. The molecule has 1 saturated heterocycles. The minimum Gasteiger partial charge on any atom is -0.497 e. The van der Waals surface area contributed by atoms with Gasteiger partial charge in [0.1, 0.15) is 17.9 Å². The van der Waals surface area contributed by atoms with Crippen molar-refractivity contribution in [1.29, 1.82) is 5.41 Å². The van der Waals surface area contributed by atoms with Crippen LogP contribution in [-0.4, -0.2) is 60.8 Å². The Hall–Kier alpha value is -3.13. The summed E-state index contributed by atoms with van der Waals surface area (Å²) in [6, 6.07) is 13.8. The molecule has 1 aliphatic rings. The van der Waals surface area contributed by atoms with Gasteiger partial charge in [-0.15, -0.1) is 0 Å². The predicted molar refractivity (Wildman–Crippen MR) is 107 cm³/mol. The summed E-state index contributed by atoms with van der Waals surface area (Å²) in [4.78, 5) is 8.05. The Kier molecular flexibility index (Phi) is 6.44. The number of anilines is 1. The van der Waals surface area contributed by atoms with Crippen LogP contribution in [-0.2, 0) is 6.54 Å². The molecule has 1 aliphatic heterocycles. The van der Waals surface area contributed by atoms with Crippen molar-refractivity contribution in [3.05, 3.63) is 59.9 Å². The Labute approximate surface area is 163 Å². The zero-order chi connectivity index (χ0) is 19.9. The highest BCUT2D eigenvalue weighted by Gasteiger charge is 2.19. The molecule has 0 radical (unpaired) electrons. The van der Waals surface area contributed by atoms with Gasteiger partial charge in [0.05, 0.1) is 13.7 Å². The van der Waals surface area contributed by atoms with Crippen molar-refractivity contribution in [2.45, 2.75) is 6.54 Å². The minimum absolute atomic E-state index is 0.104. The topological polar surface area (TPSA) is 75.4 Å². The average Bonchev–Trinajstić information content (AvgIpc) is 2.73. The number of methoxy groups -OCH3 is 1. The van der Waals surface area contributed by atoms with Crippen LogP contribution >= 0.6 is 0 Å². The van der Waals surface area contributed by atoms with Gasteiger partial charge in [0.25, 0.3) is 0 Å². The van der Waals surface area contributed by atoms with Gasteiger partial charge in [0, 0.05) is 31.9 Å². The first-order chi connectivity index (χ1) is 13.5. The zero-order valence-electron chi connectivity index (χ0n) is 15.8. The van der Waals surface area contributed by atoms with Crippen LogP contribution in [0.3, 0.4) is 0 Å². The van der Waals surface area contributed by atoms with Gasteiger partial charge in [0.2, 0.25) is 5.96 Å². The summed E-state index contributed by atoms with van der Waals surface area (Å²) in [5, 5.41) is 19.1. The van der Waals surface area contributed by atoms with E-state index in [0.29, 0.717) is 13.1 Å². The van der Waals surface area contributed by atoms with Gasteiger partial charge in [-0.25, -0.2) is 14.4 Å². The fourth-order valence-corrected chi connectivity index (χ4v) is 2.99.